The highest BCUT2D eigenvalue weighted by atomic mass is 16.6. The molecule has 7 nitrogen and oxygen atoms in total. The maximum Gasteiger partial charge on any atom is 0.408 e. The van der Waals surface area contributed by atoms with Gasteiger partial charge in [-0.2, -0.15) is 0 Å². The molecule has 0 aromatic rings. The van der Waals surface area contributed by atoms with Gasteiger partial charge in [-0.3, -0.25) is 9.69 Å². The predicted molar refractivity (Wildman–Crippen MR) is 75.8 cm³/mol. The third-order valence-corrected chi connectivity index (χ3v) is 3.30. The summed E-state index contributed by atoms with van der Waals surface area (Å²) in [4.78, 5) is 37.9. The molecule has 1 rings (SSSR count). The first-order valence-electron chi connectivity index (χ1n) is 6.96. The molecule has 2 unspecified atom stereocenters. The van der Waals surface area contributed by atoms with Gasteiger partial charge in [0.1, 0.15) is 11.6 Å². The normalized spacial score (nSPS) is 22.6. The molecule has 0 radical (unpaired) electrons. The Balaban J connectivity index is 2.83. The molecule has 1 fully saturated rings. The molecule has 1 heterocycles. The summed E-state index contributed by atoms with van der Waals surface area (Å²) in [5, 5.41) is 9.29. The Morgan fingerprint density at radius 1 is 1.19 bits per heavy atom. The van der Waals surface area contributed by atoms with Crippen LogP contribution in [-0.4, -0.2) is 65.2 Å². The van der Waals surface area contributed by atoms with Crippen molar-refractivity contribution in [2.24, 2.45) is 5.92 Å². The standard InChI is InChI=1S/C14H24N2O5/c1-14(2,3)21-12(18)10-7-6-9(11(17)15(4)5)8-16(10)13(19)20/h9-10H,6-8H2,1-5H3,(H,19,20). The molecule has 0 aromatic heterocycles. The minimum absolute atomic E-state index is 0.0241. The van der Waals surface area contributed by atoms with Crippen molar-refractivity contribution in [3.05, 3.63) is 0 Å². The Kier molecular flexibility index (Phi) is 5.20. The molecule has 0 spiro atoms. The van der Waals surface area contributed by atoms with Crippen LogP contribution in [0.3, 0.4) is 0 Å². The molecule has 120 valence electrons. The van der Waals surface area contributed by atoms with E-state index in [4.69, 9.17) is 4.74 Å². The zero-order valence-electron chi connectivity index (χ0n) is 13.3. The number of rotatable bonds is 2. The first-order chi connectivity index (χ1) is 9.53. The zero-order valence-corrected chi connectivity index (χ0v) is 13.3. The number of amides is 2. The van der Waals surface area contributed by atoms with Gasteiger partial charge in [-0.05, 0) is 33.6 Å². The molecule has 1 aliphatic rings. The lowest BCUT2D eigenvalue weighted by atomic mass is 9.92. The second-order valence-electron chi connectivity index (χ2n) is 6.49. The molecule has 1 aliphatic heterocycles. The number of hydrogen-bond donors (Lipinski definition) is 1. The van der Waals surface area contributed by atoms with Crippen molar-refractivity contribution in [3.63, 3.8) is 0 Å². The number of likely N-dealkylation sites (tertiary alicyclic amines) is 1. The molecule has 1 saturated heterocycles. The second-order valence-corrected chi connectivity index (χ2v) is 6.49. The van der Waals surface area contributed by atoms with Gasteiger partial charge in [-0.25, -0.2) is 9.59 Å². The van der Waals surface area contributed by atoms with Crippen LogP contribution in [0.2, 0.25) is 0 Å². The molecule has 21 heavy (non-hydrogen) atoms. The largest absolute Gasteiger partial charge is 0.465 e. The Morgan fingerprint density at radius 2 is 1.76 bits per heavy atom. The molecule has 0 aromatic carbocycles. The first-order valence-corrected chi connectivity index (χ1v) is 6.96. The van der Waals surface area contributed by atoms with Gasteiger partial charge in [0.2, 0.25) is 5.91 Å². The van der Waals surface area contributed by atoms with Gasteiger partial charge >= 0.3 is 12.1 Å². The lowest BCUT2D eigenvalue weighted by Crippen LogP contribution is -2.54. The van der Waals surface area contributed by atoms with Crippen LogP contribution in [0, 0.1) is 5.92 Å². The van der Waals surface area contributed by atoms with Crippen LogP contribution in [0.4, 0.5) is 4.79 Å². The van der Waals surface area contributed by atoms with E-state index in [1.54, 1.807) is 34.9 Å². The fourth-order valence-corrected chi connectivity index (χ4v) is 2.36. The number of carbonyl (C=O) groups is 3. The Morgan fingerprint density at radius 3 is 2.19 bits per heavy atom. The summed E-state index contributed by atoms with van der Waals surface area (Å²) in [5.74, 6) is -1.08. The van der Waals surface area contributed by atoms with E-state index in [9.17, 15) is 19.5 Å². The summed E-state index contributed by atoms with van der Waals surface area (Å²) in [7, 11) is 3.26. The molecule has 2 amide bonds. The van der Waals surface area contributed by atoms with Crippen molar-refractivity contribution in [3.8, 4) is 0 Å². The van der Waals surface area contributed by atoms with Gasteiger partial charge < -0.3 is 14.7 Å². The Labute approximate surface area is 124 Å². The molecular formula is C14H24N2O5. The number of ether oxygens (including phenoxy) is 1. The highest BCUT2D eigenvalue weighted by Crippen LogP contribution is 2.25. The summed E-state index contributed by atoms with van der Waals surface area (Å²) in [5.41, 5.74) is -0.669. The smallest absolute Gasteiger partial charge is 0.408 e. The topological polar surface area (TPSA) is 87.2 Å². The molecular weight excluding hydrogens is 276 g/mol. The SMILES string of the molecule is CN(C)C(=O)C1CCC(C(=O)OC(C)(C)C)N(C(=O)O)C1. The summed E-state index contributed by atoms with van der Waals surface area (Å²) in [6.07, 6.45) is -0.432. The predicted octanol–water partition coefficient (Wildman–Crippen LogP) is 1.17. The van der Waals surface area contributed by atoms with Crippen LogP contribution in [0.25, 0.3) is 0 Å². The van der Waals surface area contributed by atoms with E-state index in [1.807, 2.05) is 0 Å². The molecule has 0 saturated carbocycles. The highest BCUT2D eigenvalue weighted by Gasteiger charge is 2.40. The molecule has 2 atom stereocenters. The van der Waals surface area contributed by atoms with Crippen LogP contribution < -0.4 is 0 Å². The van der Waals surface area contributed by atoms with Crippen LogP contribution in [-0.2, 0) is 14.3 Å². The molecule has 7 heteroatoms. The van der Waals surface area contributed by atoms with E-state index < -0.39 is 29.6 Å². The fraction of sp³-hybridized carbons (Fsp3) is 0.786. The lowest BCUT2D eigenvalue weighted by Gasteiger charge is -2.37. The van der Waals surface area contributed by atoms with E-state index in [-0.39, 0.29) is 12.5 Å². The number of esters is 1. The minimum atomic E-state index is -1.21. The lowest BCUT2D eigenvalue weighted by molar-refractivity contribution is -0.163. The van der Waals surface area contributed by atoms with E-state index in [1.165, 1.54) is 4.90 Å². The van der Waals surface area contributed by atoms with Gasteiger partial charge in [-0.15, -0.1) is 0 Å². The van der Waals surface area contributed by atoms with Gasteiger partial charge in [-0.1, -0.05) is 0 Å². The van der Waals surface area contributed by atoms with Gasteiger partial charge in [0, 0.05) is 20.6 Å². The third kappa shape index (κ3) is 4.61. The fourth-order valence-electron chi connectivity index (χ4n) is 2.36. The first kappa shape index (κ1) is 17.3. The van der Waals surface area contributed by atoms with E-state index in [2.05, 4.69) is 0 Å². The summed E-state index contributed by atoms with van der Waals surface area (Å²) in [6, 6.07) is -0.840. The molecule has 0 aliphatic carbocycles. The van der Waals surface area contributed by atoms with Crippen LogP contribution in [0.5, 0.6) is 0 Å². The number of carbonyl (C=O) groups excluding carboxylic acids is 2. The minimum Gasteiger partial charge on any atom is -0.465 e. The van der Waals surface area contributed by atoms with Crippen molar-refractivity contribution in [2.75, 3.05) is 20.6 Å². The van der Waals surface area contributed by atoms with E-state index in [0.717, 1.165) is 4.90 Å². The van der Waals surface area contributed by atoms with Gasteiger partial charge in [0.05, 0.1) is 5.92 Å². The second kappa shape index (κ2) is 6.32. The molecule has 0 bridgehead atoms. The highest BCUT2D eigenvalue weighted by molar-refractivity contribution is 5.84. The molecule has 1 N–H and O–H groups in total. The average Bonchev–Trinajstić information content (AvgIpc) is 2.34. The number of nitrogens with zero attached hydrogens (tertiary/aromatic N) is 2. The number of hydrogen-bond acceptors (Lipinski definition) is 4. The van der Waals surface area contributed by atoms with Gasteiger partial charge in [0.25, 0.3) is 0 Å². The Bertz CT molecular complexity index is 428. The van der Waals surface area contributed by atoms with E-state index in [0.29, 0.717) is 12.8 Å². The number of carboxylic acid groups (broad SMARTS) is 1. The summed E-state index contributed by atoms with van der Waals surface area (Å²) in [6.45, 7) is 5.22. The quantitative estimate of drug-likeness (QED) is 0.774. The zero-order chi connectivity index (χ0) is 16.4. The Hall–Kier alpha value is -1.79. The third-order valence-electron chi connectivity index (χ3n) is 3.30. The van der Waals surface area contributed by atoms with Crippen molar-refractivity contribution < 1.29 is 24.2 Å². The maximum atomic E-state index is 12.1. The van der Waals surface area contributed by atoms with Crippen molar-refractivity contribution >= 4 is 18.0 Å². The van der Waals surface area contributed by atoms with Crippen LogP contribution >= 0.6 is 0 Å². The summed E-state index contributed by atoms with van der Waals surface area (Å²) < 4.78 is 5.26. The summed E-state index contributed by atoms with van der Waals surface area (Å²) >= 11 is 0. The van der Waals surface area contributed by atoms with Crippen LogP contribution in [0.15, 0.2) is 0 Å². The van der Waals surface area contributed by atoms with Crippen molar-refractivity contribution in [1.29, 1.82) is 0 Å². The van der Waals surface area contributed by atoms with Gasteiger partial charge in [0.15, 0.2) is 0 Å². The monoisotopic (exact) mass is 300 g/mol. The van der Waals surface area contributed by atoms with Crippen molar-refractivity contribution in [1.82, 2.24) is 9.80 Å². The average molecular weight is 300 g/mol. The van der Waals surface area contributed by atoms with Crippen molar-refractivity contribution in [2.45, 2.75) is 45.3 Å². The number of piperidine rings is 1. The maximum absolute atomic E-state index is 12.1. The van der Waals surface area contributed by atoms with Crippen LogP contribution in [0.1, 0.15) is 33.6 Å². The van der Waals surface area contributed by atoms with E-state index >= 15 is 0 Å².